The van der Waals surface area contributed by atoms with Crippen LogP contribution in [-0.4, -0.2) is 53.7 Å². The van der Waals surface area contributed by atoms with E-state index in [9.17, 15) is 18.7 Å². The Bertz CT molecular complexity index is 1040. The molecule has 1 saturated heterocycles. The van der Waals surface area contributed by atoms with E-state index in [2.05, 4.69) is 10.3 Å². The summed E-state index contributed by atoms with van der Waals surface area (Å²) < 4.78 is 32.6. The highest BCUT2D eigenvalue weighted by molar-refractivity contribution is 6.31. The average molecular weight is 494 g/mol. The van der Waals surface area contributed by atoms with Gasteiger partial charge in [0.2, 0.25) is 5.91 Å². The maximum absolute atomic E-state index is 14.0. The van der Waals surface area contributed by atoms with Gasteiger partial charge in [0.25, 0.3) is 0 Å². The summed E-state index contributed by atoms with van der Waals surface area (Å²) in [6, 6.07) is 5.32. The van der Waals surface area contributed by atoms with Gasteiger partial charge in [0.1, 0.15) is 5.60 Å². The number of carbonyl (C=O) groups excluding carboxylic acids is 1. The standard InChI is InChI=1S/C25H30ClF2N3O3/c1-34-10-2-3-18-11-16(21(26)14-30-18)15-31(19-5-6-19)24(32)20-13-29-9-8-25(20,33)17-4-7-22(27)23(28)12-17/h4,7,11-12,14,19-20,29,33H,2-3,5-6,8-10,13,15H2,1H3. The number of ether oxygens (including phenoxy) is 1. The number of halogens is 3. The van der Waals surface area contributed by atoms with Gasteiger partial charge in [-0.25, -0.2) is 8.78 Å². The first-order chi connectivity index (χ1) is 16.3. The fraction of sp³-hybridized carbons (Fsp3) is 0.520. The van der Waals surface area contributed by atoms with Crippen molar-refractivity contribution in [3.8, 4) is 0 Å². The molecule has 2 N–H and O–H groups in total. The quantitative estimate of drug-likeness (QED) is 0.522. The molecule has 0 spiro atoms. The van der Waals surface area contributed by atoms with Crippen molar-refractivity contribution in [1.29, 1.82) is 0 Å². The third kappa shape index (κ3) is 5.40. The Balaban J connectivity index is 1.59. The number of nitrogens with zero attached hydrogens (tertiary/aromatic N) is 2. The van der Waals surface area contributed by atoms with Gasteiger partial charge in [-0.2, -0.15) is 0 Å². The molecule has 1 amide bonds. The first kappa shape index (κ1) is 25.0. The lowest BCUT2D eigenvalue weighted by Gasteiger charge is -2.42. The Labute approximate surface area is 203 Å². The summed E-state index contributed by atoms with van der Waals surface area (Å²) in [6.45, 7) is 1.63. The second kappa shape index (κ2) is 10.6. The van der Waals surface area contributed by atoms with Crippen molar-refractivity contribution in [1.82, 2.24) is 15.2 Å². The van der Waals surface area contributed by atoms with E-state index in [1.165, 1.54) is 6.07 Å². The molecule has 6 nitrogen and oxygen atoms in total. The van der Waals surface area contributed by atoms with Gasteiger partial charge >= 0.3 is 0 Å². The van der Waals surface area contributed by atoms with E-state index < -0.39 is 23.2 Å². The molecule has 1 aliphatic carbocycles. The lowest BCUT2D eigenvalue weighted by Crippen LogP contribution is -2.55. The molecule has 4 rings (SSSR count). The number of hydrogen-bond donors (Lipinski definition) is 2. The van der Waals surface area contributed by atoms with Gasteiger partial charge in [-0.05, 0) is 68.0 Å². The summed E-state index contributed by atoms with van der Waals surface area (Å²) in [7, 11) is 1.65. The van der Waals surface area contributed by atoms with Crippen molar-refractivity contribution in [2.24, 2.45) is 5.92 Å². The molecule has 2 aliphatic rings. The highest BCUT2D eigenvalue weighted by Gasteiger charge is 2.48. The van der Waals surface area contributed by atoms with Gasteiger partial charge < -0.3 is 20.1 Å². The van der Waals surface area contributed by atoms with Crippen molar-refractivity contribution in [3.63, 3.8) is 0 Å². The summed E-state index contributed by atoms with van der Waals surface area (Å²) in [6.07, 6.45) is 5.13. The molecule has 2 unspecified atom stereocenters. The Morgan fingerprint density at radius 3 is 2.82 bits per heavy atom. The molecule has 184 valence electrons. The SMILES string of the molecule is COCCCc1cc(CN(C(=O)C2CNCCC2(O)c2ccc(F)c(F)c2)C2CC2)c(Cl)cn1. The normalized spacial score (nSPS) is 22.6. The second-order valence-electron chi connectivity index (χ2n) is 9.12. The van der Waals surface area contributed by atoms with Crippen LogP contribution in [0.2, 0.25) is 5.02 Å². The molecule has 1 saturated carbocycles. The van der Waals surface area contributed by atoms with Gasteiger partial charge in [0.15, 0.2) is 11.6 Å². The zero-order valence-electron chi connectivity index (χ0n) is 19.2. The minimum Gasteiger partial charge on any atom is -0.385 e. The molecule has 2 aromatic rings. The molecule has 1 aromatic heterocycles. The summed E-state index contributed by atoms with van der Waals surface area (Å²) >= 11 is 6.44. The fourth-order valence-corrected chi connectivity index (χ4v) is 4.78. The molecule has 0 radical (unpaired) electrons. The van der Waals surface area contributed by atoms with Gasteiger partial charge in [0.05, 0.1) is 10.9 Å². The molecule has 1 aliphatic heterocycles. The highest BCUT2D eigenvalue weighted by atomic mass is 35.5. The molecule has 0 bridgehead atoms. The monoisotopic (exact) mass is 493 g/mol. The predicted molar refractivity (Wildman–Crippen MR) is 124 cm³/mol. The molecular weight excluding hydrogens is 464 g/mol. The number of aromatic nitrogens is 1. The van der Waals surface area contributed by atoms with Gasteiger partial charge in [0, 0.05) is 44.7 Å². The van der Waals surface area contributed by atoms with Gasteiger partial charge in [-0.1, -0.05) is 17.7 Å². The summed E-state index contributed by atoms with van der Waals surface area (Å²) in [5.41, 5.74) is 0.281. The van der Waals surface area contributed by atoms with E-state index in [-0.39, 0.29) is 30.5 Å². The molecule has 34 heavy (non-hydrogen) atoms. The number of piperidine rings is 1. The number of methoxy groups -OCH3 is 1. The first-order valence-electron chi connectivity index (χ1n) is 11.6. The van der Waals surface area contributed by atoms with Crippen LogP contribution in [0.5, 0.6) is 0 Å². The Morgan fingerprint density at radius 1 is 1.32 bits per heavy atom. The van der Waals surface area contributed by atoms with Crippen LogP contribution < -0.4 is 5.32 Å². The lowest BCUT2D eigenvalue weighted by atomic mass is 9.75. The minimum atomic E-state index is -1.60. The summed E-state index contributed by atoms with van der Waals surface area (Å²) in [5, 5.41) is 15.2. The number of nitrogens with one attached hydrogen (secondary N) is 1. The van der Waals surface area contributed by atoms with Crippen molar-refractivity contribution in [2.75, 3.05) is 26.8 Å². The van der Waals surface area contributed by atoms with Crippen LogP contribution in [0.15, 0.2) is 30.5 Å². The van der Waals surface area contributed by atoms with Crippen molar-refractivity contribution >= 4 is 17.5 Å². The Hall–Kier alpha value is -2.13. The van der Waals surface area contributed by atoms with E-state index in [1.54, 1.807) is 18.2 Å². The van der Waals surface area contributed by atoms with Crippen LogP contribution in [0.4, 0.5) is 8.78 Å². The van der Waals surface area contributed by atoms with Crippen LogP contribution in [0.25, 0.3) is 0 Å². The number of aryl methyl sites for hydroxylation is 1. The molecule has 2 atom stereocenters. The molecule has 2 heterocycles. The van der Waals surface area contributed by atoms with Gasteiger partial charge in [-0.3, -0.25) is 9.78 Å². The van der Waals surface area contributed by atoms with Crippen molar-refractivity contribution in [2.45, 2.75) is 50.3 Å². The summed E-state index contributed by atoms with van der Waals surface area (Å²) in [4.78, 5) is 20.0. The molecular formula is C25H30ClF2N3O3. The second-order valence-corrected chi connectivity index (χ2v) is 9.53. The minimum absolute atomic E-state index is 0.0600. The Morgan fingerprint density at radius 2 is 2.12 bits per heavy atom. The predicted octanol–water partition coefficient (Wildman–Crippen LogP) is 3.58. The maximum Gasteiger partial charge on any atom is 0.230 e. The van der Waals surface area contributed by atoms with E-state index in [0.29, 0.717) is 24.7 Å². The third-order valence-corrected chi connectivity index (χ3v) is 7.05. The first-order valence-corrected chi connectivity index (χ1v) is 12.0. The number of rotatable bonds is 9. The summed E-state index contributed by atoms with van der Waals surface area (Å²) in [5.74, 6) is -3.10. The molecule has 9 heteroatoms. The number of amides is 1. The smallest absolute Gasteiger partial charge is 0.230 e. The topological polar surface area (TPSA) is 74.7 Å². The number of benzene rings is 1. The largest absolute Gasteiger partial charge is 0.385 e. The highest BCUT2D eigenvalue weighted by Crippen LogP contribution is 2.39. The van der Waals surface area contributed by atoms with Crippen molar-refractivity contribution in [3.05, 3.63) is 63.9 Å². The van der Waals surface area contributed by atoms with Crippen LogP contribution >= 0.6 is 11.6 Å². The molecule has 2 fully saturated rings. The number of aliphatic hydroxyl groups is 1. The number of pyridine rings is 1. The average Bonchev–Trinajstić information content (AvgIpc) is 3.66. The van der Waals surface area contributed by atoms with E-state index in [1.807, 2.05) is 6.07 Å². The number of carbonyl (C=O) groups is 1. The zero-order valence-corrected chi connectivity index (χ0v) is 20.0. The molecule has 1 aromatic carbocycles. The van der Waals surface area contributed by atoms with Crippen LogP contribution in [0.1, 0.15) is 42.5 Å². The van der Waals surface area contributed by atoms with Crippen LogP contribution in [0, 0.1) is 17.6 Å². The fourth-order valence-electron chi connectivity index (χ4n) is 4.61. The number of hydrogen-bond acceptors (Lipinski definition) is 5. The third-order valence-electron chi connectivity index (χ3n) is 6.71. The van der Waals surface area contributed by atoms with Crippen LogP contribution in [-0.2, 0) is 28.1 Å². The zero-order chi connectivity index (χ0) is 24.3. The van der Waals surface area contributed by atoms with Gasteiger partial charge in [-0.15, -0.1) is 0 Å². The lowest BCUT2D eigenvalue weighted by molar-refractivity contribution is -0.150. The van der Waals surface area contributed by atoms with Crippen molar-refractivity contribution < 1.29 is 23.4 Å². The maximum atomic E-state index is 14.0. The van der Waals surface area contributed by atoms with E-state index in [0.717, 1.165) is 49.1 Å². The van der Waals surface area contributed by atoms with Crippen LogP contribution in [0.3, 0.4) is 0 Å². The Kier molecular flexibility index (Phi) is 7.82. The van der Waals surface area contributed by atoms with E-state index >= 15 is 0 Å². The van der Waals surface area contributed by atoms with E-state index in [4.69, 9.17) is 16.3 Å².